The molecule has 0 bridgehead atoms. The van der Waals surface area contributed by atoms with Gasteiger partial charge in [-0.15, -0.1) is 0 Å². The van der Waals surface area contributed by atoms with Gasteiger partial charge in [0.25, 0.3) is 5.91 Å². The van der Waals surface area contributed by atoms with Gasteiger partial charge in [-0.2, -0.15) is 0 Å². The second kappa shape index (κ2) is 5.54. The van der Waals surface area contributed by atoms with E-state index in [0.717, 1.165) is 8.95 Å². The van der Waals surface area contributed by atoms with Crippen LogP contribution in [0.3, 0.4) is 0 Å². The molecule has 1 amide bonds. The summed E-state index contributed by atoms with van der Waals surface area (Å²) in [4.78, 5) is 12.0. The van der Waals surface area contributed by atoms with E-state index in [1.165, 1.54) is 6.07 Å². The van der Waals surface area contributed by atoms with Crippen LogP contribution in [0.5, 0.6) is 5.75 Å². The number of hydrogen-bond acceptors (Lipinski definition) is 2. The Bertz CT molecular complexity index is 599. The summed E-state index contributed by atoms with van der Waals surface area (Å²) >= 11 is 6.57. The van der Waals surface area contributed by atoms with Crippen molar-refractivity contribution in [1.29, 1.82) is 0 Å². The van der Waals surface area contributed by atoms with Gasteiger partial charge in [0.2, 0.25) is 0 Å². The number of para-hydroxylation sites is 1. The number of nitrogens with one attached hydrogen (secondary N) is 1. The lowest BCUT2D eigenvalue weighted by Gasteiger charge is -2.08. The number of carbonyl (C=O) groups is 1. The molecule has 2 N–H and O–H groups in total. The molecule has 2 aromatic rings. The van der Waals surface area contributed by atoms with Crippen LogP contribution in [0.1, 0.15) is 10.4 Å². The minimum absolute atomic E-state index is 0.0612. The molecule has 0 fully saturated rings. The van der Waals surface area contributed by atoms with Gasteiger partial charge in [0.05, 0.1) is 11.3 Å². The molecule has 0 aliphatic carbocycles. The number of amides is 1. The highest BCUT2D eigenvalue weighted by Gasteiger charge is 2.12. The lowest BCUT2D eigenvalue weighted by atomic mass is 10.2. The molecule has 2 aromatic carbocycles. The van der Waals surface area contributed by atoms with E-state index in [4.69, 9.17) is 0 Å². The molecule has 0 spiro atoms. The number of halogens is 2. The fourth-order valence-corrected chi connectivity index (χ4v) is 2.18. The van der Waals surface area contributed by atoms with Crippen molar-refractivity contribution in [3.8, 4) is 5.75 Å². The van der Waals surface area contributed by atoms with Crippen molar-refractivity contribution in [2.24, 2.45) is 0 Å². The molecule has 2 rings (SSSR count). The highest BCUT2D eigenvalue weighted by Crippen LogP contribution is 2.25. The predicted octanol–water partition coefficient (Wildman–Crippen LogP) is 4.17. The smallest absolute Gasteiger partial charge is 0.259 e. The molecule has 92 valence electrons. The zero-order valence-corrected chi connectivity index (χ0v) is 12.3. The number of rotatable bonds is 2. The van der Waals surface area contributed by atoms with Crippen molar-refractivity contribution < 1.29 is 9.90 Å². The lowest BCUT2D eigenvalue weighted by Crippen LogP contribution is -2.12. The SMILES string of the molecule is O=C(Nc1ccccc1Br)c1ccc(Br)cc1O. The standard InChI is InChI=1S/C13H9Br2NO2/c14-8-5-6-9(12(17)7-8)13(18)16-11-4-2-1-3-10(11)15/h1-7,17H,(H,16,18). The molecule has 0 saturated carbocycles. The molecule has 0 aliphatic heterocycles. The first-order chi connectivity index (χ1) is 8.58. The average Bonchev–Trinajstić information content (AvgIpc) is 2.32. The van der Waals surface area contributed by atoms with Crippen molar-refractivity contribution in [3.05, 3.63) is 57.0 Å². The summed E-state index contributed by atoms with van der Waals surface area (Å²) in [5.74, 6) is -0.416. The molecule has 0 saturated heterocycles. The Hall–Kier alpha value is -1.33. The molecule has 0 heterocycles. The van der Waals surface area contributed by atoms with Crippen molar-refractivity contribution in [2.45, 2.75) is 0 Å². The summed E-state index contributed by atoms with van der Waals surface area (Å²) in [5.41, 5.74) is 0.888. The Morgan fingerprint density at radius 1 is 1.11 bits per heavy atom. The summed E-state index contributed by atoms with van der Waals surface area (Å²) in [5, 5.41) is 12.4. The highest BCUT2D eigenvalue weighted by molar-refractivity contribution is 9.10. The highest BCUT2D eigenvalue weighted by atomic mass is 79.9. The predicted molar refractivity (Wildman–Crippen MR) is 77.9 cm³/mol. The first-order valence-corrected chi connectivity index (χ1v) is 6.71. The van der Waals surface area contributed by atoms with Crippen LogP contribution in [-0.4, -0.2) is 11.0 Å². The van der Waals surface area contributed by atoms with Gasteiger partial charge in [0.15, 0.2) is 0 Å². The third kappa shape index (κ3) is 2.91. The topological polar surface area (TPSA) is 49.3 Å². The van der Waals surface area contributed by atoms with Crippen LogP contribution in [0.25, 0.3) is 0 Å². The first kappa shape index (κ1) is 13.1. The molecular weight excluding hydrogens is 362 g/mol. The largest absolute Gasteiger partial charge is 0.507 e. The minimum Gasteiger partial charge on any atom is -0.507 e. The van der Waals surface area contributed by atoms with Gasteiger partial charge in [-0.3, -0.25) is 4.79 Å². The monoisotopic (exact) mass is 369 g/mol. The second-order valence-corrected chi connectivity index (χ2v) is 5.37. The zero-order chi connectivity index (χ0) is 13.1. The zero-order valence-electron chi connectivity index (χ0n) is 9.15. The average molecular weight is 371 g/mol. The van der Waals surface area contributed by atoms with Gasteiger partial charge in [0.1, 0.15) is 5.75 Å². The van der Waals surface area contributed by atoms with E-state index in [2.05, 4.69) is 37.2 Å². The molecular formula is C13H9Br2NO2. The number of benzene rings is 2. The quantitative estimate of drug-likeness (QED) is 0.833. The van der Waals surface area contributed by atoms with Gasteiger partial charge < -0.3 is 10.4 Å². The number of anilines is 1. The Labute approximate surface area is 121 Å². The molecule has 0 unspecified atom stereocenters. The van der Waals surface area contributed by atoms with Crippen molar-refractivity contribution in [3.63, 3.8) is 0 Å². The van der Waals surface area contributed by atoms with Crippen molar-refractivity contribution in [1.82, 2.24) is 0 Å². The number of phenolic OH excluding ortho intramolecular Hbond substituents is 1. The van der Waals surface area contributed by atoms with Gasteiger partial charge in [-0.05, 0) is 46.3 Å². The van der Waals surface area contributed by atoms with Gasteiger partial charge in [-0.25, -0.2) is 0 Å². The molecule has 0 aliphatic rings. The van der Waals surface area contributed by atoms with E-state index in [9.17, 15) is 9.90 Å². The molecule has 0 atom stereocenters. The second-order valence-electron chi connectivity index (χ2n) is 3.60. The number of aromatic hydroxyl groups is 1. The van der Waals surface area contributed by atoms with Crippen LogP contribution in [-0.2, 0) is 0 Å². The van der Waals surface area contributed by atoms with E-state index in [1.54, 1.807) is 18.2 Å². The van der Waals surface area contributed by atoms with E-state index in [0.29, 0.717) is 5.69 Å². The van der Waals surface area contributed by atoms with Gasteiger partial charge in [0, 0.05) is 8.95 Å². The van der Waals surface area contributed by atoms with Gasteiger partial charge in [-0.1, -0.05) is 28.1 Å². The third-order valence-corrected chi connectivity index (χ3v) is 3.51. The number of hydrogen-bond donors (Lipinski definition) is 2. The fraction of sp³-hybridized carbons (Fsp3) is 0. The maximum atomic E-state index is 12.0. The van der Waals surface area contributed by atoms with Crippen LogP contribution >= 0.6 is 31.9 Å². The summed E-state index contributed by atoms with van der Waals surface area (Å²) in [6.07, 6.45) is 0. The van der Waals surface area contributed by atoms with Crippen molar-refractivity contribution in [2.75, 3.05) is 5.32 Å². The Morgan fingerprint density at radius 3 is 2.50 bits per heavy atom. The Morgan fingerprint density at radius 2 is 1.83 bits per heavy atom. The van der Waals surface area contributed by atoms with E-state index in [-0.39, 0.29) is 17.2 Å². The Balaban J connectivity index is 2.25. The van der Waals surface area contributed by atoms with E-state index >= 15 is 0 Å². The summed E-state index contributed by atoms with van der Waals surface area (Å²) in [6, 6.07) is 12.0. The minimum atomic E-state index is -0.355. The van der Waals surface area contributed by atoms with Crippen molar-refractivity contribution >= 4 is 43.5 Å². The number of phenols is 1. The molecule has 0 radical (unpaired) electrons. The van der Waals surface area contributed by atoms with Crippen LogP contribution < -0.4 is 5.32 Å². The molecule has 5 heteroatoms. The number of carbonyl (C=O) groups excluding carboxylic acids is 1. The normalized spacial score (nSPS) is 10.1. The van der Waals surface area contributed by atoms with Crippen LogP contribution in [0.4, 0.5) is 5.69 Å². The lowest BCUT2D eigenvalue weighted by molar-refractivity contribution is 0.102. The van der Waals surface area contributed by atoms with Crippen LogP contribution in [0.15, 0.2) is 51.4 Å². The maximum Gasteiger partial charge on any atom is 0.259 e. The maximum absolute atomic E-state index is 12.0. The molecule has 3 nitrogen and oxygen atoms in total. The van der Waals surface area contributed by atoms with Crippen LogP contribution in [0.2, 0.25) is 0 Å². The van der Waals surface area contributed by atoms with Gasteiger partial charge >= 0.3 is 0 Å². The molecule has 0 aromatic heterocycles. The summed E-state index contributed by atoms with van der Waals surface area (Å²) in [6.45, 7) is 0. The summed E-state index contributed by atoms with van der Waals surface area (Å²) in [7, 11) is 0. The molecule has 18 heavy (non-hydrogen) atoms. The fourth-order valence-electron chi connectivity index (χ4n) is 1.45. The van der Waals surface area contributed by atoms with Crippen LogP contribution in [0, 0.1) is 0 Å². The third-order valence-electron chi connectivity index (χ3n) is 2.33. The first-order valence-electron chi connectivity index (χ1n) is 5.12. The summed E-state index contributed by atoms with van der Waals surface area (Å²) < 4.78 is 1.51. The van der Waals surface area contributed by atoms with E-state index in [1.807, 2.05) is 18.2 Å². The van der Waals surface area contributed by atoms with E-state index < -0.39 is 0 Å². The Kier molecular flexibility index (Phi) is 4.04.